The van der Waals surface area contributed by atoms with Gasteiger partial charge in [-0.3, -0.25) is 14.9 Å². The summed E-state index contributed by atoms with van der Waals surface area (Å²) in [5.74, 6) is -0.429. The molecule has 0 fully saturated rings. The molecule has 0 heterocycles. The van der Waals surface area contributed by atoms with Gasteiger partial charge in [-0.15, -0.1) is 0 Å². The molecule has 7 nitrogen and oxygen atoms in total. The maximum atomic E-state index is 12.1. The van der Waals surface area contributed by atoms with Crippen molar-refractivity contribution in [1.82, 2.24) is 5.32 Å². The topological polar surface area (TPSA) is 107 Å². The average molecular weight is 281 g/mol. The Kier molecular flexibility index (Phi) is 5.92. The number of nitrogens with one attached hydrogen (secondary N) is 1. The molecule has 0 aromatic heterocycles. The Labute approximate surface area is 117 Å². The summed E-state index contributed by atoms with van der Waals surface area (Å²) in [6.45, 7) is 2.38. The molecule has 0 saturated heterocycles. The molecule has 0 aliphatic rings. The number of anilines is 1. The summed E-state index contributed by atoms with van der Waals surface area (Å²) in [4.78, 5) is 22.3. The van der Waals surface area contributed by atoms with Gasteiger partial charge in [0.15, 0.2) is 0 Å². The number of benzene rings is 1. The molecule has 3 N–H and O–H groups in total. The summed E-state index contributed by atoms with van der Waals surface area (Å²) in [7, 11) is 1.55. The van der Waals surface area contributed by atoms with E-state index in [1.807, 2.05) is 6.92 Å². The lowest BCUT2D eigenvalue weighted by atomic mass is 10.1. The largest absolute Gasteiger partial charge is 0.398 e. The van der Waals surface area contributed by atoms with Gasteiger partial charge < -0.3 is 15.8 Å². The second-order valence-corrected chi connectivity index (χ2v) is 4.44. The first-order valence-corrected chi connectivity index (χ1v) is 6.33. The van der Waals surface area contributed by atoms with Crippen molar-refractivity contribution < 1.29 is 14.5 Å². The van der Waals surface area contributed by atoms with Gasteiger partial charge in [-0.05, 0) is 12.5 Å². The first kappa shape index (κ1) is 15.9. The van der Waals surface area contributed by atoms with Crippen molar-refractivity contribution in [3.63, 3.8) is 0 Å². The molecular formula is C13H19N3O4. The fraction of sp³-hybridized carbons (Fsp3) is 0.462. The third-order valence-electron chi connectivity index (χ3n) is 2.83. The van der Waals surface area contributed by atoms with Crippen LogP contribution in [-0.2, 0) is 4.74 Å². The zero-order chi connectivity index (χ0) is 15.1. The molecule has 1 aromatic carbocycles. The molecule has 20 heavy (non-hydrogen) atoms. The van der Waals surface area contributed by atoms with Crippen molar-refractivity contribution in [3.05, 3.63) is 33.9 Å². The lowest BCUT2D eigenvalue weighted by Crippen LogP contribution is -2.38. The standard InChI is InChI=1S/C13H19N3O4/c1-3-4-9(8-20-2)15-13(17)11-7-10(16(18)19)5-6-12(11)14/h5-7,9H,3-4,8,14H2,1-2H3,(H,15,17). The number of amides is 1. The maximum Gasteiger partial charge on any atom is 0.270 e. The number of ether oxygens (including phenoxy) is 1. The van der Waals surface area contributed by atoms with Crippen LogP contribution in [0.2, 0.25) is 0 Å². The molecule has 1 aromatic rings. The van der Waals surface area contributed by atoms with Gasteiger partial charge in [0.1, 0.15) is 0 Å². The van der Waals surface area contributed by atoms with Crippen LogP contribution in [0.3, 0.4) is 0 Å². The molecule has 0 saturated carbocycles. The van der Waals surface area contributed by atoms with Gasteiger partial charge in [0.25, 0.3) is 11.6 Å². The first-order chi connectivity index (χ1) is 9.49. The molecule has 0 aliphatic carbocycles. The van der Waals surface area contributed by atoms with E-state index in [1.165, 1.54) is 18.2 Å². The third-order valence-corrected chi connectivity index (χ3v) is 2.83. The third kappa shape index (κ3) is 4.20. The second-order valence-electron chi connectivity index (χ2n) is 4.44. The highest BCUT2D eigenvalue weighted by molar-refractivity contribution is 5.99. The fourth-order valence-electron chi connectivity index (χ4n) is 1.86. The Bertz CT molecular complexity index is 485. The predicted molar refractivity (Wildman–Crippen MR) is 75.5 cm³/mol. The van der Waals surface area contributed by atoms with E-state index in [1.54, 1.807) is 7.11 Å². The molecule has 1 rings (SSSR count). The summed E-state index contributed by atoms with van der Waals surface area (Å²) in [6, 6.07) is 3.67. The number of nitro benzene ring substituents is 1. The van der Waals surface area contributed by atoms with Crippen LogP contribution in [0.1, 0.15) is 30.1 Å². The van der Waals surface area contributed by atoms with Crippen molar-refractivity contribution in [1.29, 1.82) is 0 Å². The van der Waals surface area contributed by atoms with Crippen LogP contribution in [0, 0.1) is 10.1 Å². The van der Waals surface area contributed by atoms with Crippen LogP contribution in [-0.4, -0.2) is 30.6 Å². The Morgan fingerprint density at radius 3 is 2.80 bits per heavy atom. The van der Waals surface area contributed by atoms with Crippen molar-refractivity contribution in [3.8, 4) is 0 Å². The van der Waals surface area contributed by atoms with E-state index in [-0.39, 0.29) is 23.0 Å². The van der Waals surface area contributed by atoms with Gasteiger partial charge in [-0.25, -0.2) is 0 Å². The number of nitrogens with two attached hydrogens (primary N) is 1. The molecule has 0 radical (unpaired) electrons. The number of hydrogen-bond donors (Lipinski definition) is 2. The molecule has 7 heteroatoms. The van der Waals surface area contributed by atoms with E-state index >= 15 is 0 Å². The zero-order valence-electron chi connectivity index (χ0n) is 11.6. The van der Waals surface area contributed by atoms with Crippen LogP contribution in [0.4, 0.5) is 11.4 Å². The van der Waals surface area contributed by atoms with Crippen molar-refractivity contribution >= 4 is 17.3 Å². The number of nitrogens with zero attached hydrogens (tertiary/aromatic N) is 1. The van der Waals surface area contributed by atoms with Gasteiger partial charge in [0.05, 0.1) is 23.1 Å². The minimum atomic E-state index is -0.561. The van der Waals surface area contributed by atoms with Crippen molar-refractivity contribution in [2.75, 3.05) is 19.5 Å². The monoisotopic (exact) mass is 281 g/mol. The summed E-state index contributed by atoms with van der Waals surface area (Å²) in [5, 5.41) is 13.5. The van der Waals surface area contributed by atoms with E-state index in [4.69, 9.17) is 10.5 Å². The van der Waals surface area contributed by atoms with E-state index < -0.39 is 10.8 Å². The average Bonchev–Trinajstić information content (AvgIpc) is 2.39. The number of carbonyl (C=O) groups excluding carboxylic acids is 1. The Morgan fingerprint density at radius 2 is 2.25 bits per heavy atom. The number of carbonyl (C=O) groups is 1. The van der Waals surface area contributed by atoms with Crippen LogP contribution in [0.5, 0.6) is 0 Å². The molecule has 1 atom stereocenters. The van der Waals surface area contributed by atoms with Crippen LogP contribution in [0.25, 0.3) is 0 Å². The lowest BCUT2D eigenvalue weighted by Gasteiger charge is -2.17. The minimum absolute atomic E-state index is 0.108. The number of methoxy groups -OCH3 is 1. The Hall–Kier alpha value is -2.15. The van der Waals surface area contributed by atoms with Crippen LogP contribution < -0.4 is 11.1 Å². The molecule has 0 spiro atoms. The smallest absolute Gasteiger partial charge is 0.270 e. The molecule has 110 valence electrons. The maximum absolute atomic E-state index is 12.1. The summed E-state index contributed by atoms with van der Waals surface area (Å²) >= 11 is 0. The van der Waals surface area contributed by atoms with E-state index in [0.717, 1.165) is 12.8 Å². The summed E-state index contributed by atoms with van der Waals surface area (Å²) < 4.78 is 5.03. The van der Waals surface area contributed by atoms with Gasteiger partial charge in [0, 0.05) is 24.9 Å². The number of hydrogen-bond acceptors (Lipinski definition) is 5. The highest BCUT2D eigenvalue weighted by atomic mass is 16.6. The lowest BCUT2D eigenvalue weighted by molar-refractivity contribution is -0.384. The SMILES string of the molecule is CCCC(COC)NC(=O)c1cc([N+](=O)[O-])ccc1N. The van der Waals surface area contributed by atoms with Gasteiger partial charge >= 0.3 is 0 Å². The van der Waals surface area contributed by atoms with Gasteiger partial charge in [-0.1, -0.05) is 13.3 Å². The molecule has 1 amide bonds. The zero-order valence-corrected chi connectivity index (χ0v) is 11.6. The van der Waals surface area contributed by atoms with Gasteiger partial charge in [0.2, 0.25) is 0 Å². The van der Waals surface area contributed by atoms with E-state index in [2.05, 4.69) is 5.32 Å². The van der Waals surface area contributed by atoms with Gasteiger partial charge in [-0.2, -0.15) is 0 Å². The van der Waals surface area contributed by atoms with Crippen molar-refractivity contribution in [2.24, 2.45) is 0 Å². The van der Waals surface area contributed by atoms with E-state index in [0.29, 0.717) is 6.61 Å². The number of nitro groups is 1. The van der Waals surface area contributed by atoms with Crippen LogP contribution in [0.15, 0.2) is 18.2 Å². The van der Waals surface area contributed by atoms with E-state index in [9.17, 15) is 14.9 Å². The predicted octanol–water partition coefficient (Wildman–Crippen LogP) is 1.72. The fourth-order valence-corrected chi connectivity index (χ4v) is 1.86. The molecule has 1 unspecified atom stereocenters. The Morgan fingerprint density at radius 1 is 1.55 bits per heavy atom. The minimum Gasteiger partial charge on any atom is -0.398 e. The molecular weight excluding hydrogens is 262 g/mol. The highest BCUT2D eigenvalue weighted by Crippen LogP contribution is 2.19. The highest BCUT2D eigenvalue weighted by Gasteiger charge is 2.18. The summed E-state index contributed by atoms with van der Waals surface area (Å²) in [5.41, 5.74) is 5.85. The first-order valence-electron chi connectivity index (χ1n) is 6.33. The Balaban J connectivity index is 2.90. The number of non-ortho nitro benzene ring substituents is 1. The number of rotatable bonds is 7. The summed E-state index contributed by atoms with van der Waals surface area (Å²) in [6.07, 6.45) is 1.65. The van der Waals surface area contributed by atoms with Crippen molar-refractivity contribution in [2.45, 2.75) is 25.8 Å². The second kappa shape index (κ2) is 7.44. The molecule has 0 bridgehead atoms. The van der Waals surface area contributed by atoms with Crippen LogP contribution >= 0.6 is 0 Å². The quantitative estimate of drug-likeness (QED) is 0.449. The normalized spacial score (nSPS) is 11.9. The number of nitrogen functional groups attached to an aromatic ring is 1. The molecule has 0 aliphatic heterocycles.